The summed E-state index contributed by atoms with van der Waals surface area (Å²) < 4.78 is 24.6. The van der Waals surface area contributed by atoms with Crippen molar-refractivity contribution >= 4 is 26.0 Å². The Morgan fingerprint density at radius 1 is 0.972 bits per heavy atom. The molecule has 0 radical (unpaired) electrons. The van der Waals surface area contributed by atoms with Gasteiger partial charge in [-0.1, -0.05) is 71.0 Å². The molecule has 198 valence electrons. The van der Waals surface area contributed by atoms with Crippen LogP contribution < -0.4 is 4.74 Å². The minimum atomic E-state index is -2.08. The Kier molecular flexibility index (Phi) is 10.1. The van der Waals surface area contributed by atoms with Crippen molar-refractivity contribution in [3.8, 4) is 5.75 Å². The van der Waals surface area contributed by atoms with Gasteiger partial charge in [-0.15, -0.1) is 0 Å². The zero-order chi connectivity index (χ0) is 26.5. The van der Waals surface area contributed by atoms with Crippen molar-refractivity contribution in [2.24, 2.45) is 0 Å². The van der Waals surface area contributed by atoms with Crippen molar-refractivity contribution in [3.63, 3.8) is 0 Å². The Bertz CT molecular complexity index is 952. The fraction of sp³-hybridized carbons (Fsp3) is 0.552. The van der Waals surface area contributed by atoms with Crippen LogP contribution in [0.1, 0.15) is 63.9 Å². The summed E-state index contributed by atoms with van der Waals surface area (Å²) in [7, 11) is -0.477. The predicted molar refractivity (Wildman–Crippen MR) is 150 cm³/mol. The number of hydrogen-bond acceptors (Lipinski definition) is 6. The van der Waals surface area contributed by atoms with E-state index < -0.39 is 8.32 Å². The first-order valence-corrected chi connectivity index (χ1v) is 16.0. The Morgan fingerprint density at radius 2 is 1.56 bits per heavy atom. The zero-order valence-electron chi connectivity index (χ0n) is 22.9. The molecule has 1 aliphatic rings. The van der Waals surface area contributed by atoms with Crippen LogP contribution in [-0.4, -0.2) is 45.6 Å². The summed E-state index contributed by atoms with van der Waals surface area (Å²) in [6, 6.07) is 15.4. The van der Waals surface area contributed by atoms with Crippen molar-refractivity contribution in [1.29, 1.82) is 0 Å². The van der Waals surface area contributed by atoms with Gasteiger partial charge < -0.3 is 18.6 Å². The minimum Gasteiger partial charge on any atom is -0.497 e. The van der Waals surface area contributed by atoms with Gasteiger partial charge in [0.2, 0.25) is 0 Å². The van der Waals surface area contributed by atoms with E-state index in [0.717, 1.165) is 4.90 Å². The third kappa shape index (κ3) is 6.74. The number of carbonyl (C=O) groups excluding carboxylic acids is 1. The number of thioether (sulfide) groups is 1. The molecule has 3 rings (SSSR count). The van der Waals surface area contributed by atoms with Gasteiger partial charge in [0.1, 0.15) is 23.4 Å². The summed E-state index contributed by atoms with van der Waals surface area (Å²) in [5.41, 5.74) is 3.02. The second-order valence-corrected chi connectivity index (χ2v) is 17.3. The first-order chi connectivity index (χ1) is 17.1. The second kappa shape index (κ2) is 12.6. The van der Waals surface area contributed by atoms with E-state index in [9.17, 15) is 4.79 Å². The van der Waals surface area contributed by atoms with Crippen LogP contribution >= 0.6 is 11.8 Å². The highest BCUT2D eigenvalue weighted by molar-refractivity contribution is 7.99. The molecular formula is C29H42O5SSi. The normalized spacial score (nSPS) is 20.4. The van der Waals surface area contributed by atoms with Gasteiger partial charge in [0.15, 0.2) is 8.32 Å². The van der Waals surface area contributed by atoms with E-state index in [0.29, 0.717) is 41.0 Å². The largest absolute Gasteiger partial charge is 0.497 e. The summed E-state index contributed by atoms with van der Waals surface area (Å²) in [5, 5.41) is 0. The summed E-state index contributed by atoms with van der Waals surface area (Å²) >= 11 is 1.67. The summed E-state index contributed by atoms with van der Waals surface area (Å²) in [5.74, 6) is 0.353. The Labute approximate surface area is 222 Å². The first-order valence-electron chi connectivity index (χ1n) is 12.9. The number of benzene rings is 2. The van der Waals surface area contributed by atoms with E-state index in [1.165, 1.54) is 5.56 Å². The molecule has 36 heavy (non-hydrogen) atoms. The van der Waals surface area contributed by atoms with E-state index >= 15 is 0 Å². The molecule has 2 aromatic carbocycles. The van der Waals surface area contributed by atoms with Gasteiger partial charge >= 0.3 is 5.97 Å². The van der Waals surface area contributed by atoms with Gasteiger partial charge in [0, 0.05) is 11.3 Å². The van der Waals surface area contributed by atoms with E-state index in [1.807, 2.05) is 0 Å². The molecule has 0 aromatic heterocycles. The third-order valence-corrected chi connectivity index (χ3v) is 14.4. The number of methoxy groups -OCH3 is 1. The maximum atomic E-state index is 13.0. The van der Waals surface area contributed by atoms with Crippen molar-refractivity contribution in [2.75, 3.05) is 13.7 Å². The molecule has 0 bridgehead atoms. The Hall–Kier alpha value is -1.80. The highest BCUT2D eigenvalue weighted by atomic mass is 32.2. The van der Waals surface area contributed by atoms with Crippen molar-refractivity contribution in [2.45, 2.75) is 94.0 Å². The lowest BCUT2D eigenvalue weighted by molar-refractivity contribution is -0.0207. The topological polar surface area (TPSA) is 54.0 Å². The summed E-state index contributed by atoms with van der Waals surface area (Å²) in [4.78, 5) is 14.2. The number of rotatable bonds is 11. The van der Waals surface area contributed by atoms with Crippen LogP contribution in [0, 0.1) is 6.92 Å². The first kappa shape index (κ1) is 28.8. The van der Waals surface area contributed by atoms with Crippen LogP contribution in [0.4, 0.5) is 0 Å². The van der Waals surface area contributed by atoms with E-state index in [2.05, 4.69) is 72.7 Å². The molecule has 1 fully saturated rings. The van der Waals surface area contributed by atoms with Gasteiger partial charge in [-0.05, 0) is 59.9 Å². The molecule has 0 amide bonds. The number of aryl methyl sites for hydroxylation is 1. The molecule has 0 N–H and O–H groups in total. The van der Waals surface area contributed by atoms with Gasteiger partial charge in [0.25, 0.3) is 0 Å². The SMILES string of the molecule is COc1ccc(C(=O)O[C@H]2CC(Sc3ccc(C)cc3)O[C@@H]2CO[Si](C(C)C)(C(C)C)C(C)C)cc1. The monoisotopic (exact) mass is 530 g/mol. The zero-order valence-corrected chi connectivity index (χ0v) is 24.8. The van der Waals surface area contributed by atoms with E-state index in [-0.39, 0.29) is 23.6 Å². The van der Waals surface area contributed by atoms with Crippen LogP contribution in [-0.2, 0) is 13.9 Å². The summed E-state index contributed by atoms with van der Waals surface area (Å²) in [6.45, 7) is 16.2. The van der Waals surface area contributed by atoms with Gasteiger partial charge in [-0.25, -0.2) is 4.79 Å². The second-order valence-electron chi connectivity index (χ2n) is 10.6. The van der Waals surface area contributed by atoms with Crippen molar-refractivity contribution in [3.05, 3.63) is 59.7 Å². The molecule has 0 aliphatic carbocycles. The molecule has 1 unspecified atom stereocenters. The molecule has 1 heterocycles. The van der Waals surface area contributed by atoms with Crippen LogP contribution in [0.5, 0.6) is 5.75 Å². The number of esters is 1. The number of ether oxygens (including phenoxy) is 3. The maximum absolute atomic E-state index is 13.0. The lowest BCUT2D eigenvalue weighted by Crippen LogP contribution is -2.50. The quantitative estimate of drug-likeness (QED) is 0.220. The van der Waals surface area contributed by atoms with Gasteiger partial charge in [0.05, 0.1) is 19.3 Å². The third-order valence-electron chi connectivity index (χ3n) is 7.24. The van der Waals surface area contributed by atoms with Crippen LogP contribution in [0.15, 0.2) is 53.4 Å². The maximum Gasteiger partial charge on any atom is 0.338 e. The fourth-order valence-electron chi connectivity index (χ4n) is 5.45. The number of carbonyl (C=O) groups is 1. The van der Waals surface area contributed by atoms with E-state index in [4.69, 9.17) is 18.6 Å². The number of hydrogen-bond donors (Lipinski definition) is 0. The van der Waals surface area contributed by atoms with Crippen LogP contribution in [0.2, 0.25) is 16.6 Å². The highest BCUT2D eigenvalue weighted by Crippen LogP contribution is 2.43. The molecule has 5 nitrogen and oxygen atoms in total. The molecule has 3 atom stereocenters. The Balaban J connectivity index is 1.77. The molecule has 0 spiro atoms. The van der Waals surface area contributed by atoms with Crippen molar-refractivity contribution in [1.82, 2.24) is 0 Å². The minimum absolute atomic E-state index is 0.108. The molecule has 7 heteroatoms. The molecule has 2 aromatic rings. The van der Waals surface area contributed by atoms with Crippen molar-refractivity contribution < 1.29 is 23.4 Å². The van der Waals surface area contributed by atoms with Gasteiger partial charge in [-0.2, -0.15) is 0 Å². The standard InChI is InChI=1S/C29H42O5SSi/c1-19(2)36(20(3)4,21(5)6)32-18-27-26(34-29(30)23-11-13-24(31-8)14-12-23)17-28(33-27)35-25-15-9-22(7)10-16-25/h9-16,19-21,26-28H,17-18H2,1-8H3/t26-,27+,28?/m0/s1. The molecule has 0 saturated carbocycles. The lowest BCUT2D eigenvalue weighted by Gasteiger charge is -2.43. The average molecular weight is 531 g/mol. The lowest BCUT2D eigenvalue weighted by atomic mass is 10.2. The fourth-order valence-corrected chi connectivity index (χ4v) is 12.0. The van der Waals surface area contributed by atoms with Crippen LogP contribution in [0.25, 0.3) is 0 Å². The Morgan fingerprint density at radius 3 is 2.08 bits per heavy atom. The smallest absolute Gasteiger partial charge is 0.338 e. The summed E-state index contributed by atoms with van der Waals surface area (Å²) in [6.07, 6.45) is -0.0624. The van der Waals surface area contributed by atoms with Crippen LogP contribution in [0.3, 0.4) is 0 Å². The molecule has 1 saturated heterocycles. The van der Waals surface area contributed by atoms with Gasteiger partial charge in [-0.3, -0.25) is 0 Å². The van der Waals surface area contributed by atoms with E-state index in [1.54, 1.807) is 43.1 Å². The predicted octanol–water partition coefficient (Wildman–Crippen LogP) is 7.63. The molecular weight excluding hydrogens is 488 g/mol. The highest BCUT2D eigenvalue weighted by Gasteiger charge is 2.47. The molecule has 1 aliphatic heterocycles. The average Bonchev–Trinajstić information content (AvgIpc) is 3.21.